The molecule has 2 aromatic rings. The van der Waals surface area contributed by atoms with E-state index in [1.165, 1.54) is 11.8 Å². The Bertz CT molecular complexity index is 659. The summed E-state index contributed by atoms with van der Waals surface area (Å²) in [5.74, 6) is 0.641. The fraction of sp³-hybridized carbons (Fsp3) is 0.417. The standard InChI is InChI=1S/C12H13ClN4OS/c1-17-10(13)5-7(16-17)6-19-12-14-9-4-2-3-8(9)11(18)15-12/h5H,2-4,6H2,1H3,(H,14,15,18). The van der Waals surface area contributed by atoms with Crippen molar-refractivity contribution >= 4 is 23.4 Å². The number of nitrogens with one attached hydrogen (secondary N) is 1. The van der Waals surface area contributed by atoms with Crippen LogP contribution in [0.4, 0.5) is 0 Å². The summed E-state index contributed by atoms with van der Waals surface area (Å²) in [5.41, 5.74) is 2.68. The predicted octanol–water partition coefficient (Wildman–Crippen LogP) is 1.94. The third-order valence-corrected chi connectivity index (χ3v) is 4.41. The number of aryl methyl sites for hydroxylation is 2. The Labute approximate surface area is 119 Å². The topological polar surface area (TPSA) is 63.6 Å². The Balaban J connectivity index is 1.77. The zero-order chi connectivity index (χ0) is 13.4. The second-order valence-electron chi connectivity index (χ2n) is 4.52. The van der Waals surface area contributed by atoms with Gasteiger partial charge >= 0.3 is 0 Å². The van der Waals surface area contributed by atoms with Crippen molar-refractivity contribution in [2.45, 2.75) is 30.2 Å². The van der Waals surface area contributed by atoms with Crippen LogP contribution in [0.25, 0.3) is 0 Å². The highest BCUT2D eigenvalue weighted by Crippen LogP contribution is 2.22. The number of aromatic amines is 1. The number of aromatic nitrogens is 4. The largest absolute Gasteiger partial charge is 0.301 e. The number of fused-ring (bicyclic) bond motifs is 1. The third-order valence-electron chi connectivity index (χ3n) is 3.15. The van der Waals surface area contributed by atoms with Gasteiger partial charge in [-0.05, 0) is 25.3 Å². The molecule has 1 N–H and O–H groups in total. The van der Waals surface area contributed by atoms with Crippen LogP contribution in [0.5, 0.6) is 0 Å². The molecule has 0 spiro atoms. The molecule has 0 saturated heterocycles. The summed E-state index contributed by atoms with van der Waals surface area (Å²) >= 11 is 7.41. The minimum Gasteiger partial charge on any atom is -0.301 e. The first-order chi connectivity index (χ1) is 9.13. The molecule has 5 nitrogen and oxygen atoms in total. The summed E-state index contributed by atoms with van der Waals surface area (Å²) in [7, 11) is 1.80. The number of hydrogen-bond acceptors (Lipinski definition) is 4. The first-order valence-electron chi connectivity index (χ1n) is 6.07. The SMILES string of the molecule is Cn1nc(CSc2nc3c(c(=O)[nH]2)CCC3)cc1Cl. The molecule has 0 fully saturated rings. The molecule has 100 valence electrons. The van der Waals surface area contributed by atoms with Crippen LogP contribution in [0.2, 0.25) is 5.15 Å². The van der Waals surface area contributed by atoms with Crippen molar-refractivity contribution in [3.8, 4) is 0 Å². The molecule has 2 aromatic heterocycles. The highest BCUT2D eigenvalue weighted by Gasteiger charge is 2.17. The van der Waals surface area contributed by atoms with E-state index >= 15 is 0 Å². The van der Waals surface area contributed by atoms with Crippen LogP contribution in [-0.4, -0.2) is 19.7 Å². The maximum atomic E-state index is 11.9. The first kappa shape index (κ1) is 12.7. The summed E-state index contributed by atoms with van der Waals surface area (Å²) in [5, 5.41) is 5.53. The van der Waals surface area contributed by atoms with Gasteiger partial charge in [-0.3, -0.25) is 9.48 Å². The minimum atomic E-state index is 0.00375. The fourth-order valence-corrected chi connectivity index (χ4v) is 3.13. The second kappa shape index (κ2) is 5.02. The molecule has 0 aliphatic heterocycles. The van der Waals surface area contributed by atoms with Crippen molar-refractivity contribution in [3.05, 3.63) is 38.5 Å². The Morgan fingerprint density at radius 2 is 2.37 bits per heavy atom. The van der Waals surface area contributed by atoms with Crippen LogP contribution in [0.3, 0.4) is 0 Å². The van der Waals surface area contributed by atoms with Crippen molar-refractivity contribution in [1.82, 2.24) is 19.7 Å². The van der Waals surface area contributed by atoms with Crippen molar-refractivity contribution in [1.29, 1.82) is 0 Å². The van der Waals surface area contributed by atoms with E-state index in [-0.39, 0.29) is 5.56 Å². The molecule has 0 radical (unpaired) electrons. The lowest BCUT2D eigenvalue weighted by molar-refractivity contribution is 0.755. The van der Waals surface area contributed by atoms with Gasteiger partial charge in [-0.15, -0.1) is 0 Å². The Kier molecular flexibility index (Phi) is 3.36. The van der Waals surface area contributed by atoms with E-state index in [9.17, 15) is 4.79 Å². The van der Waals surface area contributed by atoms with Gasteiger partial charge < -0.3 is 4.98 Å². The highest BCUT2D eigenvalue weighted by atomic mass is 35.5. The number of rotatable bonds is 3. The molecule has 0 unspecified atom stereocenters. The fourth-order valence-electron chi connectivity index (χ4n) is 2.20. The molecule has 0 amide bonds. The zero-order valence-corrected chi connectivity index (χ0v) is 12.0. The van der Waals surface area contributed by atoms with E-state index in [1.807, 2.05) is 6.07 Å². The molecule has 0 aromatic carbocycles. The number of hydrogen-bond donors (Lipinski definition) is 1. The lowest BCUT2D eigenvalue weighted by atomic mass is 10.3. The van der Waals surface area contributed by atoms with Crippen LogP contribution in [-0.2, 0) is 25.6 Å². The number of halogens is 1. The second-order valence-corrected chi connectivity index (χ2v) is 5.87. The van der Waals surface area contributed by atoms with Gasteiger partial charge in [-0.2, -0.15) is 5.10 Å². The average molecular weight is 297 g/mol. The van der Waals surface area contributed by atoms with Crippen molar-refractivity contribution in [2.75, 3.05) is 0 Å². The number of nitrogens with zero attached hydrogens (tertiary/aromatic N) is 3. The average Bonchev–Trinajstić information content (AvgIpc) is 2.95. The van der Waals surface area contributed by atoms with E-state index < -0.39 is 0 Å². The van der Waals surface area contributed by atoms with E-state index in [0.29, 0.717) is 16.1 Å². The van der Waals surface area contributed by atoms with E-state index in [0.717, 1.165) is 36.2 Å². The van der Waals surface area contributed by atoms with Crippen LogP contribution < -0.4 is 5.56 Å². The summed E-state index contributed by atoms with van der Waals surface area (Å²) in [6, 6.07) is 1.82. The Morgan fingerprint density at radius 1 is 1.53 bits per heavy atom. The van der Waals surface area contributed by atoms with Gasteiger partial charge in [0.25, 0.3) is 5.56 Å². The maximum Gasteiger partial charge on any atom is 0.254 e. The summed E-state index contributed by atoms with van der Waals surface area (Å²) in [6.45, 7) is 0. The van der Waals surface area contributed by atoms with Crippen LogP contribution >= 0.6 is 23.4 Å². The first-order valence-corrected chi connectivity index (χ1v) is 7.43. The van der Waals surface area contributed by atoms with Gasteiger partial charge in [0.05, 0.1) is 11.4 Å². The van der Waals surface area contributed by atoms with Crippen molar-refractivity contribution in [2.24, 2.45) is 7.05 Å². The van der Waals surface area contributed by atoms with Gasteiger partial charge in [0, 0.05) is 18.4 Å². The Morgan fingerprint density at radius 3 is 3.11 bits per heavy atom. The molecule has 19 heavy (non-hydrogen) atoms. The van der Waals surface area contributed by atoms with Crippen LogP contribution in [0.15, 0.2) is 16.0 Å². The summed E-state index contributed by atoms with van der Waals surface area (Å²) in [4.78, 5) is 19.2. The van der Waals surface area contributed by atoms with Crippen LogP contribution in [0, 0.1) is 0 Å². The Hall–Kier alpha value is -1.27. The molecule has 0 atom stereocenters. The third kappa shape index (κ3) is 2.55. The van der Waals surface area contributed by atoms with Gasteiger partial charge in [-0.1, -0.05) is 23.4 Å². The number of H-pyrrole nitrogens is 1. The monoisotopic (exact) mass is 296 g/mol. The highest BCUT2D eigenvalue weighted by molar-refractivity contribution is 7.98. The predicted molar refractivity (Wildman–Crippen MR) is 74.7 cm³/mol. The molecular weight excluding hydrogens is 284 g/mol. The van der Waals surface area contributed by atoms with Crippen LogP contribution in [0.1, 0.15) is 23.4 Å². The van der Waals surface area contributed by atoms with E-state index in [1.54, 1.807) is 11.7 Å². The molecule has 3 rings (SSSR count). The van der Waals surface area contributed by atoms with E-state index in [2.05, 4.69) is 15.1 Å². The molecular formula is C12H13ClN4OS. The maximum absolute atomic E-state index is 11.9. The molecule has 1 aliphatic carbocycles. The van der Waals surface area contributed by atoms with Crippen molar-refractivity contribution < 1.29 is 0 Å². The van der Waals surface area contributed by atoms with Gasteiger partial charge in [0.1, 0.15) is 5.15 Å². The van der Waals surface area contributed by atoms with Gasteiger partial charge in [0.2, 0.25) is 0 Å². The normalized spacial score (nSPS) is 13.8. The summed E-state index contributed by atoms with van der Waals surface area (Å²) < 4.78 is 1.62. The van der Waals surface area contributed by atoms with Gasteiger partial charge in [0.15, 0.2) is 5.16 Å². The van der Waals surface area contributed by atoms with Gasteiger partial charge in [-0.25, -0.2) is 4.98 Å². The minimum absolute atomic E-state index is 0.00375. The molecule has 2 heterocycles. The molecule has 1 aliphatic rings. The van der Waals surface area contributed by atoms with Crippen molar-refractivity contribution in [3.63, 3.8) is 0 Å². The lowest BCUT2D eigenvalue weighted by Gasteiger charge is -2.02. The molecule has 7 heteroatoms. The molecule has 0 saturated carbocycles. The smallest absolute Gasteiger partial charge is 0.254 e. The van der Waals surface area contributed by atoms with E-state index in [4.69, 9.17) is 11.6 Å². The quantitative estimate of drug-likeness (QED) is 0.694. The lowest BCUT2D eigenvalue weighted by Crippen LogP contribution is -2.14. The molecule has 0 bridgehead atoms. The zero-order valence-electron chi connectivity index (χ0n) is 10.4. The number of thioether (sulfide) groups is 1. The summed E-state index contributed by atoms with van der Waals surface area (Å²) in [6.07, 6.45) is 2.77.